The topological polar surface area (TPSA) is 150 Å². The van der Waals surface area contributed by atoms with Gasteiger partial charge in [-0.15, -0.1) is 12.6 Å². The largest absolute Gasteiger partial charge is 1.00 e. The fourth-order valence-electron chi connectivity index (χ4n) is 10.0. The van der Waals surface area contributed by atoms with Crippen LogP contribution in [0.25, 0.3) is 0 Å². The molecule has 2 atom stereocenters. The van der Waals surface area contributed by atoms with E-state index in [1.807, 2.05) is 59.2 Å². The number of para-hydroxylation sites is 2. The van der Waals surface area contributed by atoms with Gasteiger partial charge in [0.1, 0.15) is 19.0 Å². The smallest absolute Gasteiger partial charge is 0.493 e. The molecule has 0 spiro atoms. The third kappa shape index (κ3) is 13.2. The van der Waals surface area contributed by atoms with Gasteiger partial charge in [-0.25, -0.2) is 0 Å². The number of anilines is 3. The number of rotatable bonds is 19. The Balaban J connectivity index is 0.00000147. The second-order valence-electron chi connectivity index (χ2n) is 18.9. The van der Waals surface area contributed by atoms with Gasteiger partial charge in [0.2, 0.25) is 0 Å². The normalized spacial score (nSPS) is 16.3. The summed E-state index contributed by atoms with van der Waals surface area (Å²) >= 11 is 4.96. The number of ether oxygens (including phenoxy) is 6. The monoisotopic (exact) mass is 1030 g/mol. The van der Waals surface area contributed by atoms with Gasteiger partial charge in [-0.1, -0.05) is 48.0 Å². The van der Waals surface area contributed by atoms with Crippen LogP contribution in [-0.4, -0.2) is 102 Å². The van der Waals surface area contributed by atoms with E-state index < -0.39 is 10.6 Å². The summed E-state index contributed by atoms with van der Waals surface area (Å²) < 4.78 is 61.0. The summed E-state index contributed by atoms with van der Waals surface area (Å²) in [5.74, 6) is 1.86. The second kappa shape index (κ2) is 24.9. The molecule has 14 nitrogen and oxygen atoms in total. The van der Waals surface area contributed by atoms with Gasteiger partial charge >= 0.3 is 40.2 Å². The number of aryl methyl sites for hydroxylation is 2. The van der Waals surface area contributed by atoms with Crippen molar-refractivity contribution in [2.24, 2.45) is 0 Å². The summed E-state index contributed by atoms with van der Waals surface area (Å²) in [6.07, 6.45) is 6.23. The molecule has 376 valence electrons. The minimum absolute atomic E-state index is 0. The number of fused-ring (bicyclic) bond motifs is 8. The van der Waals surface area contributed by atoms with Gasteiger partial charge in [0.25, 0.3) is 11.8 Å². The molecule has 0 saturated carbocycles. The zero-order valence-electron chi connectivity index (χ0n) is 42.0. The van der Waals surface area contributed by atoms with Crippen LogP contribution in [0.4, 0.5) is 17.1 Å². The van der Waals surface area contributed by atoms with Gasteiger partial charge < -0.3 is 49.5 Å². The molecular formula is C55H62N3NaO11S2. The van der Waals surface area contributed by atoms with Crippen molar-refractivity contribution in [3.8, 4) is 17.2 Å². The summed E-state index contributed by atoms with van der Waals surface area (Å²) in [6.45, 7) is 10.6. The number of hydrogen-bond donors (Lipinski definition) is 1. The number of carbonyl (C=O) groups is 2. The summed E-state index contributed by atoms with van der Waals surface area (Å²) in [5.41, 5.74) is 11.5. The van der Waals surface area contributed by atoms with E-state index in [0.717, 1.165) is 81.9 Å². The summed E-state index contributed by atoms with van der Waals surface area (Å²) in [6, 6.07) is 30.9. The van der Waals surface area contributed by atoms with Crippen molar-refractivity contribution >= 4 is 52.1 Å². The van der Waals surface area contributed by atoms with Crippen LogP contribution in [0.15, 0.2) is 91.0 Å². The van der Waals surface area contributed by atoms with E-state index in [2.05, 4.69) is 73.7 Å². The summed E-state index contributed by atoms with van der Waals surface area (Å²) in [4.78, 5) is 34.5. The SMILES string of the molecule is COCCOCCOCCN(CC(C)(C)S)c1cc(COc2cc3c(cc2C)C(=O)N2c4ccccc4C[C@H]2CC3)cc(COc2cc3c(cc2OC)C(=O)N2c4ccccc4C[C@H]2[CH-]C3)c1.O=S(=O)=O.[Na+]. The molecule has 5 aromatic rings. The number of amides is 2. The van der Waals surface area contributed by atoms with E-state index >= 15 is 0 Å². The second-order valence-corrected chi connectivity index (χ2v) is 20.5. The number of nitrogens with zero attached hydrogens (tertiary/aromatic N) is 3. The van der Waals surface area contributed by atoms with Crippen molar-refractivity contribution < 1.29 is 80.2 Å². The number of carbonyl (C=O) groups excluding carboxylic acids is 2. The average molecular weight is 1030 g/mol. The number of benzene rings is 5. The molecule has 0 fully saturated rings. The van der Waals surface area contributed by atoms with Gasteiger partial charge in [0.05, 0.1) is 40.1 Å². The van der Waals surface area contributed by atoms with Gasteiger partial charge in [-0.3, -0.25) is 9.59 Å². The summed E-state index contributed by atoms with van der Waals surface area (Å²) in [7, 11) is 0.159. The third-order valence-corrected chi connectivity index (χ3v) is 13.3. The van der Waals surface area contributed by atoms with Crippen molar-refractivity contribution in [3.05, 3.63) is 147 Å². The minimum atomic E-state index is -3.11. The Labute approximate surface area is 452 Å². The predicted octanol–water partition coefficient (Wildman–Crippen LogP) is 5.21. The van der Waals surface area contributed by atoms with E-state index in [4.69, 9.17) is 53.7 Å². The van der Waals surface area contributed by atoms with Crippen molar-refractivity contribution in [1.82, 2.24) is 0 Å². The Morgan fingerprint density at radius 3 is 1.96 bits per heavy atom. The van der Waals surface area contributed by atoms with E-state index in [0.29, 0.717) is 76.2 Å². The molecule has 9 rings (SSSR count). The standard InChI is InChI=1S/C55H62N3O8S.Na.O3S/c1-36-24-46-39(14-16-43-28-41-10-6-8-12-48(41)57(43)53(46)59)30-50(36)65-33-37-25-38(27-45(26-37)56(35-55(2,3)67)18-19-63-22-23-64-21-20-61-4)34-66-52-31-40-15-17-44-29-42-11-7-9-13-49(42)58(44)54(60)47(40)32-51(52)62-5;;1-4(2)3/h6-13,17,24-27,30-32,43-44,67H,14-16,18-23,28-29,33-35H2,1-5H3;;/q-1;+1;/t43-,44-;;/m1../s1. The van der Waals surface area contributed by atoms with Crippen LogP contribution in [0.3, 0.4) is 0 Å². The fraction of sp³-hybridized carbons (Fsp3) is 0.400. The molecule has 0 bridgehead atoms. The van der Waals surface area contributed by atoms with Crippen LogP contribution in [0, 0.1) is 13.3 Å². The van der Waals surface area contributed by atoms with E-state index in [1.165, 1.54) is 11.1 Å². The Morgan fingerprint density at radius 2 is 1.29 bits per heavy atom. The zero-order valence-corrected chi connectivity index (χ0v) is 45.7. The molecule has 72 heavy (non-hydrogen) atoms. The van der Waals surface area contributed by atoms with Crippen molar-refractivity contribution in [2.45, 2.75) is 82.9 Å². The molecule has 4 heterocycles. The average Bonchev–Trinajstić information content (AvgIpc) is 3.84. The Morgan fingerprint density at radius 1 is 0.708 bits per heavy atom. The first-order valence-corrected chi connectivity index (χ1v) is 25.4. The summed E-state index contributed by atoms with van der Waals surface area (Å²) in [5, 5.41) is 0. The molecule has 0 aliphatic carbocycles. The first kappa shape index (κ1) is 54.9. The molecule has 0 saturated heterocycles. The van der Waals surface area contributed by atoms with Crippen molar-refractivity contribution in [3.63, 3.8) is 0 Å². The molecule has 0 aromatic heterocycles. The Hall–Kier alpha value is -4.91. The van der Waals surface area contributed by atoms with Crippen LogP contribution in [0.5, 0.6) is 17.2 Å². The van der Waals surface area contributed by atoms with Crippen LogP contribution in [0.2, 0.25) is 0 Å². The van der Waals surface area contributed by atoms with Gasteiger partial charge in [-0.2, -0.15) is 19.0 Å². The molecule has 5 aromatic carbocycles. The maximum Gasteiger partial charge on any atom is 1.00 e. The number of thiol groups is 1. The predicted molar refractivity (Wildman–Crippen MR) is 276 cm³/mol. The molecular weight excluding hydrogens is 966 g/mol. The van der Waals surface area contributed by atoms with Gasteiger partial charge in [0, 0.05) is 59.2 Å². The quantitative estimate of drug-likeness (QED) is 0.0501. The molecule has 0 unspecified atom stereocenters. The molecule has 0 radical (unpaired) electrons. The molecule has 0 N–H and O–H groups in total. The third-order valence-electron chi connectivity index (χ3n) is 13.2. The first-order chi connectivity index (χ1) is 34.2. The van der Waals surface area contributed by atoms with E-state index in [9.17, 15) is 9.59 Å². The minimum Gasteiger partial charge on any atom is -0.493 e. The van der Waals surface area contributed by atoms with Crippen LogP contribution in [-0.2, 0) is 63.7 Å². The number of hydrogen-bond acceptors (Lipinski definition) is 13. The zero-order chi connectivity index (χ0) is 50.2. The van der Waals surface area contributed by atoms with Crippen LogP contribution in [0.1, 0.15) is 79.9 Å². The number of methoxy groups -OCH3 is 2. The Kier molecular flexibility index (Phi) is 19.0. The van der Waals surface area contributed by atoms with Crippen LogP contribution >= 0.6 is 12.6 Å². The van der Waals surface area contributed by atoms with Gasteiger partial charge in [0.15, 0.2) is 11.5 Å². The van der Waals surface area contributed by atoms with Crippen molar-refractivity contribution in [1.29, 1.82) is 0 Å². The fourth-order valence-corrected chi connectivity index (χ4v) is 10.2. The van der Waals surface area contributed by atoms with Gasteiger partial charge in [-0.05, 0) is 134 Å². The maximum atomic E-state index is 14.2. The Bertz CT molecular complexity index is 2850. The van der Waals surface area contributed by atoms with E-state index in [1.54, 1.807) is 14.2 Å². The van der Waals surface area contributed by atoms with Crippen molar-refractivity contribution in [2.75, 3.05) is 75.0 Å². The molecule has 4 aliphatic rings. The molecule has 2 amide bonds. The van der Waals surface area contributed by atoms with E-state index in [-0.39, 0.29) is 64.8 Å². The first-order valence-electron chi connectivity index (χ1n) is 24.0. The molecule has 4 aliphatic heterocycles. The van der Waals surface area contributed by atoms with Crippen LogP contribution < -0.4 is 58.5 Å². The maximum absolute atomic E-state index is 14.2. The molecule has 17 heteroatoms.